The molecule has 0 bridgehead atoms. The lowest BCUT2D eigenvalue weighted by atomic mass is 10.2. The number of amides is 2. The highest BCUT2D eigenvalue weighted by molar-refractivity contribution is 6.39. The highest BCUT2D eigenvalue weighted by Crippen LogP contribution is 2.09. The molecule has 0 saturated carbocycles. The van der Waals surface area contributed by atoms with Crippen LogP contribution in [0.5, 0.6) is 0 Å². The normalized spacial score (nSPS) is 10.8. The first-order valence-electron chi connectivity index (χ1n) is 7.49. The fourth-order valence-electron chi connectivity index (χ4n) is 2.05. The second-order valence-electron chi connectivity index (χ2n) is 5.55. The Bertz CT molecular complexity index is 474. The fraction of sp³-hybridized carbons (Fsp3) is 0.667. The Kier molecular flexibility index (Phi) is 6.39. The van der Waals surface area contributed by atoms with Gasteiger partial charge in [-0.3, -0.25) is 14.3 Å². The zero-order chi connectivity index (χ0) is 16.0. The summed E-state index contributed by atoms with van der Waals surface area (Å²) in [4.78, 5) is 25.9. The Balaban J connectivity index is 2.67. The van der Waals surface area contributed by atoms with Gasteiger partial charge in [0, 0.05) is 31.4 Å². The van der Waals surface area contributed by atoms with Crippen molar-refractivity contribution >= 4 is 17.6 Å². The first kappa shape index (κ1) is 17.2. The highest BCUT2D eigenvalue weighted by atomic mass is 16.2. The van der Waals surface area contributed by atoms with Gasteiger partial charge >= 0.3 is 11.8 Å². The van der Waals surface area contributed by atoms with Crippen LogP contribution in [0.25, 0.3) is 0 Å². The molecule has 2 amide bonds. The molecule has 0 saturated heterocycles. The summed E-state index contributed by atoms with van der Waals surface area (Å²) >= 11 is 0. The van der Waals surface area contributed by atoms with E-state index < -0.39 is 11.8 Å². The van der Waals surface area contributed by atoms with Gasteiger partial charge in [-0.15, -0.1) is 0 Å². The molecule has 6 nitrogen and oxygen atoms in total. The van der Waals surface area contributed by atoms with Crippen molar-refractivity contribution in [3.8, 4) is 0 Å². The van der Waals surface area contributed by atoms with Crippen LogP contribution in [0.15, 0.2) is 6.07 Å². The van der Waals surface area contributed by atoms with Crippen LogP contribution in [0.3, 0.4) is 0 Å². The molecule has 0 fully saturated rings. The summed E-state index contributed by atoms with van der Waals surface area (Å²) in [6, 6.07) is 1.74. The van der Waals surface area contributed by atoms with Crippen LogP contribution >= 0.6 is 0 Å². The summed E-state index contributed by atoms with van der Waals surface area (Å²) in [7, 11) is 1.79. The fourth-order valence-corrected chi connectivity index (χ4v) is 2.05. The van der Waals surface area contributed by atoms with Gasteiger partial charge in [-0.05, 0) is 27.2 Å². The predicted molar refractivity (Wildman–Crippen MR) is 82.9 cm³/mol. The van der Waals surface area contributed by atoms with Crippen LogP contribution in [-0.4, -0.2) is 39.1 Å². The number of unbranched alkanes of at least 4 members (excludes halogenated alkanes) is 2. The quantitative estimate of drug-likeness (QED) is 0.645. The molecule has 118 valence electrons. The summed E-state index contributed by atoms with van der Waals surface area (Å²) < 4.78 is 1.65. The maximum atomic E-state index is 12.3. The summed E-state index contributed by atoms with van der Waals surface area (Å²) in [5, 5.41) is 6.69. The van der Waals surface area contributed by atoms with Gasteiger partial charge in [-0.25, -0.2) is 0 Å². The van der Waals surface area contributed by atoms with Crippen LogP contribution in [0.1, 0.15) is 45.7 Å². The van der Waals surface area contributed by atoms with E-state index in [0.29, 0.717) is 12.4 Å². The summed E-state index contributed by atoms with van der Waals surface area (Å²) in [5.41, 5.74) is 0.918. The van der Waals surface area contributed by atoms with Gasteiger partial charge in [-0.2, -0.15) is 5.10 Å². The standard InChI is InChI=1S/C15H26N4O2/c1-6-7-8-9-19(11(2)3)15(21)14(20)16-13-10-12(4)18(5)17-13/h10-11H,6-9H2,1-5H3,(H,16,17,20). The molecule has 1 aromatic rings. The van der Waals surface area contributed by atoms with Crippen molar-refractivity contribution in [1.82, 2.24) is 14.7 Å². The number of rotatable bonds is 6. The van der Waals surface area contributed by atoms with E-state index in [1.165, 1.54) is 0 Å². The number of carbonyl (C=O) groups is 2. The zero-order valence-electron chi connectivity index (χ0n) is 13.6. The minimum atomic E-state index is -0.627. The molecular formula is C15H26N4O2. The van der Waals surface area contributed by atoms with Gasteiger partial charge in [0.25, 0.3) is 0 Å². The van der Waals surface area contributed by atoms with Gasteiger partial charge in [0.05, 0.1) is 0 Å². The van der Waals surface area contributed by atoms with Crippen molar-refractivity contribution in [2.24, 2.45) is 7.05 Å². The van der Waals surface area contributed by atoms with E-state index in [2.05, 4.69) is 17.3 Å². The smallest absolute Gasteiger partial charge is 0.315 e. The average molecular weight is 294 g/mol. The second-order valence-corrected chi connectivity index (χ2v) is 5.55. The van der Waals surface area contributed by atoms with Gasteiger partial charge in [-0.1, -0.05) is 19.8 Å². The van der Waals surface area contributed by atoms with E-state index >= 15 is 0 Å². The van der Waals surface area contributed by atoms with Crippen molar-refractivity contribution < 1.29 is 9.59 Å². The minimum Gasteiger partial charge on any atom is -0.332 e. The molecule has 0 spiro atoms. The lowest BCUT2D eigenvalue weighted by molar-refractivity contribution is -0.144. The molecule has 0 aromatic carbocycles. The number of hydrogen-bond donors (Lipinski definition) is 1. The van der Waals surface area contributed by atoms with Crippen LogP contribution in [0.4, 0.5) is 5.82 Å². The van der Waals surface area contributed by atoms with Crippen molar-refractivity contribution in [2.75, 3.05) is 11.9 Å². The topological polar surface area (TPSA) is 67.2 Å². The van der Waals surface area contributed by atoms with Crippen LogP contribution in [0.2, 0.25) is 0 Å². The van der Waals surface area contributed by atoms with Gasteiger partial charge in [0.1, 0.15) is 0 Å². The number of anilines is 1. The SMILES string of the molecule is CCCCCN(C(=O)C(=O)Nc1cc(C)n(C)n1)C(C)C. The largest absolute Gasteiger partial charge is 0.332 e. The lowest BCUT2D eigenvalue weighted by Crippen LogP contribution is -2.44. The lowest BCUT2D eigenvalue weighted by Gasteiger charge is -2.25. The molecule has 1 heterocycles. The Morgan fingerprint density at radius 1 is 1.38 bits per heavy atom. The number of nitrogens with one attached hydrogen (secondary N) is 1. The van der Waals surface area contributed by atoms with Crippen molar-refractivity contribution in [3.05, 3.63) is 11.8 Å². The molecule has 0 unspecified atom stereocenters. The minimum absolute atomic E-state index is 0.00516. The number of aromatic nitrogens is 2. The highest BCUT2D eigenvalue weighted by Gasteiger charge is 2.24. The summed E-state index contributed by atoms with van der Waals surface area (Å²) in [6.07, 6.45) is 3.05. The van der Waals surface area contributed by atoms with E-state index in [4.69, 9.17) is 0 Å². The second kappa shape index (κ2) is 7.81. The molecule has 1 aromatic heterocycles. The molecule has 21 heavy (non-hydrogen) atoms. The average Bonchev–Trinajstić information content (AvgIpc) is 2.72. The first-order valence-corrected chi connectivity index (χ1v) is 7.49. The van der Waals surface area contributed by atoms with Crippen LogP contribution in [0, 0.1) is 6.92 Å². The zero-order valence-corrected chi connectivity index (χ0v) is 13.6. The van der Waals surface area contributed by atoms with E-state index in [1.807, 2.05) is 20.8 Å². The first-order chi connectivity index (χ1) is 9.86. The van der Waals surface area contributed by atoms with Crippen molar-refractivity contribution in [2.45, 2.75) is 53.0 Å². The third kappa shape index (κ3) is 4.88. The van der Waals surface area contributed by atoms with Crippen molar-refractivity contribution in [3.63, 3.8) is 0 Å². The summed E-state index contributed by atoms with van der Waals surface area (Å²) in [6.45, 7) is 8.44. The Labute approximate surface area is 126 Å². The van der Waals surface area contributed by atoms with E-state index in [9.17, 15) is 9.59 Å². The molecule has 0 atom stereocenters. The Morgan fingerprint density at radius 2 is 2.05 bits per heavy atom. The molecule has 0 aliphatic heterocycles. The molecular weight excluding hydrogens is 268 g/mol. The molecule has 0 aliphatic rings. The third-order valence-corrected chi connectivity index (χ3v) is 3.44. The maximum absolute atomic E-state index is 12.3. The molecule has 0 aliphatic carbocycles. The van der Waals surface area contributed by atoms with E-state index in [0.717, 1.165) is 25.0 Å². The molecule has 1 N–H and O–H groups in total. The van der Waals surface area contributed by atoms with E-state index in [1.54, 1.807) is 22.7 Å². The van der Waals surface area contributed by atoms with E-state index in [-0.39, 0.29) is 6.04 Å². The number of carbonyl (C=O) groups excluding carboxylic acids is 2. The Morgan fingerprint density at radius 3 is 2.52 bits per heavy atom. The van der Waals surface area contributed by atoms with Gasteiger partial charge < -0.3 is 10.2 Å². The molecule has 1 rings (SSSR count). The van der Waals surface area contributed by atoms with Gasteiger partial charge in [0.2, 0.25) is 0 Å². The molecule has 0 radical (unpaired) electrons. The maximum Gasteiger partial charge on any atom is 0.315 e. The number of nitrogens with zero attached hydrogens (tertiary/aromatic N) is 3. The van der Waals surface area contributed by atoms with Crippen molar-refractivity contribution in [1.29, 1.82) is 0 Å². The van der Waals surface area contributed by atoms with Crippen LogP contribution in [-0.2, 0) is 16.6 Å². The summed E-state index contributed by atoms with van der Waals surface area (Å²) in [5.74, 6) is -0.715. The third-order valence-electron chi connectivity index (χ3n) is 3.44. The Hall–Kier alpha value is -1.85. The number of hydrogen-bond acceptors (Lipinski definition) is 3. The predicted octanol–water partition coefficient (Wildman–Crippen LogP) is 2.09. The molecule has 6 heteroatoms. The number of aryl methyl sites for hydroxylation is 2. The van der Waals surface area contributed by atoms with Crippen LogP contribution < -0.4 is 5.32 Å². The monoisotopic (exact) mass is 294 g/mol. The van der Waals surface area contributed by atoms with Gasteiger partial charge in [0.15, 0.2) is 5.82 Å².